The summed E-state index contributed by atoms with van der Waals surface area (Å²) in [6.07, 6.45) is 5.40. The largest absolute Gasteiger partial charge is 0.507 e. The van der Waals surface area contributed by atoms with Gasteiger partial charge in [-0.2, -0.15) is 0 Å². The molecular formula is C23H27NO7S. The number of thiophene rings is 1. The minimum Gasteiger partial charge on any atom is -0.507 e. The summed E-state index contributed by atoms with van der Waals surface area (Å²) in [5, 5.41) is 21.7. The fourth-order valence-corrected chi connectivity index (χ4v) is 3.70. The second kappa shape index (κ2) is 11.9. The molecule has 2 heterocycles. The first-order valence-corrected chi connectivity index (χ1v) is 11.0. The van der Waals surface area contributed by atoms with Crippen molar-refractivity contribution in [1.82, 2.24) is 5.32 Å². The number of hydrogen-bond donors (Lipinski definition) is 3. The lowest BCUT2D eigenvalue weighted by Gasteiger charge is -2.11. The van der Waals surface area contributed by atoms with E-state index in [9.17, 15) is 19.5 Å². The highest BCUT2D eigenvalue weighted by Gasteiger charge is 2.22. The average Bonchev–Trinajstić information content (AvgIpc) is 3.18. The van der Waals surface area contributed by atoms with Crippen molar-refractivity contribution >= 4 is 29.3 Å². The molecule has 1 amide bonds. The number of amides is 1. The van der Waals surface area contributed by atoms with Crippen LogP contribution in [0.2, 0.25) is 0 Å². The van der Waals surface area contributed by atoms with Gasteiger partial charge in [-0.1, -0.05) is 31.3 Å². The molecule has 0 spiro atoms. The summed E-state index contributed by atoms with van der Waals surface area (Å²) in [6, 6.07) is 4.92. The molecule has 2 aromatic heterocycles. The molecule has 0 aliphatic carbocycles. The Balaban J connectivity index is 2.12. The number of ether oxygens (including phenoxy) is 1. The molecule has 0 bridgehead atoms. The number of rotatable bonds is 11. The lowest BCUT2D eigenvalue weighted by Crippen LogP contribution is -2.16. The molecular weight excluding hydrogens is 434 g/mol. The smallest absolute Gasteiger partial charge is 0.408 e. The molecule has 172 valence electrons. The van der Waals surface area contributed by atoms with Gasteiger partial charge in [-0.25, -0.2) is 9.59 Å². The molecule has 9 heteroatoms. The molecule has 1 unspecified atom stereocenters. The number of ketones is 1. The van der Waals surface area contributed by atoms with Gasteiger partial charge in [0.15, 0.2) is 10.8 Å². The number of carbonyl (C=O) groups is 2. The number of nitrogens with one attached hydrogen (secondary N) is 1. The Kier molecular flexibility index (Phi) is 9.27. The molecule has 0 saturated heterocycles. The zero-order valence-corrected chi connectivity index (χ0v) is 19.0. The minimum absolute atomic E-state index is 0.225. The molecule has 1 atom stereocenters. The number of hydrogen-bond acceptors (Lipinski definition) is 7. The van der Waals surface area contributed by atoms with Gasteiger partial charge in [0.1, 0.15) is 17.1 Å². The van der Waals surface area contributed by atoms with Crippen LogP contribution >= 0.6 is 11.3 Å². The van der Waals surface area contributed by atoms with E-state index < -0.39 is 28.8 Å². The van der Waals surface area contributed by atoms with E-state index in [1.54, 1.807) is 26.0 Å². The van der Waals surface area contributed by atoms with E-state index in [1.165, 1.54) is 23.6 Å². The van der Waals surface area contributed by atoms with Crippen molar-refractivity contribution in [2.75, 3.05) is 6.61 Å². The first-order chi connectivity index (χ1) is 15.2. The van der Waals surface area contributed by atoms with Gasteiger partial charge in [-0.05, 0) is 50.0 Å². The van der Waals surface area contributed by atoms with Crippen LogP contribution in [0.3, 0.4) is 0 Å². The Morgan fingerprint density at radius 3 is 2.75 bits per heavy atom. The summed E-state index contributed by atoms with van der Waals surface area (Å²) in [4.78, 5) is 36.4. The topological polar surface area (TPSA) is 126 Å². The van der Waals surface area contributed by atoms with Crippen molar-refractivity contribution in [2.45, 2.75) is 46.0 Å². The van der Waals surface area contributed by atoms with Gasteiger partial charge in [0.05, 0.1) is 6.61 Å². The molecule has 0 aromatic carbocycles. The van der Waals surface area contributed by atoms with Crippen LogP contribution in [0.15, 0.2) is 45.3 Å². The molecule has 0 radical (unpaired) electrons. The maximum atomic E-state index is 12.8. The summed E-state index contributed by atoms with van der Waals surface area (Å²) >= 11 is 1.38. The standard InChI is InChI=1S/C23H27NO7S/c1-4-11-30-19-9-8-16(32-19)12-15(3)21(26)20-17(25)13-18(31-22(20)27)14(2)7-5-6-10-24-23(28)29/h6,8-10,12-14,24-25H,4-5,7,11H2,1-3H3,(H,28,29)/b10-6+,15-12?. The Morgan fingerprint density at radius 1 is 1.34 bits per heavy atom. The second-order valence-electron chi connectivity index (χ2n) is 7.19. The second-order valence-corrected chi connectivity index (χ2v) is 8.27. The van der Waals surface area contributed by atoms with Crippen LogP contribution in [-0.4, -0.2) is 28.7 Å². The molecule has 3 N–H and O–H groups in total. The first-order valence-electron chi connectivity index (χ1n) is 10.2. The summed E-state index contributed by atoms with van der Waals surface area (Å²) in [5.74, 6) is -1.01. The van der Waals surface area contributed by atoms with Gasteiger partial charge in [0.2, 0.25) is 0 Å². The monoisotopic (exact) mass is 461 g/mol. The summed E-state index contributed by atoms with van der Waals surface area (Å²) in [6.45, 7) is 5.99. The highest BCUT2D eigenvalue weighted by atomic mass is 32.1. The highest BCUT2D eigenvalue weighted by Crippen LogP contribution is 2.29. The third kappa shape index (κ3) is 7.12. The van der Waals surface area contributed by atoms with E-state index in [2.05, 4.69) is 5.32 Å². The number of allylic oxidation sites excluding steroid dienone is 2. The Morgan fingerprint density at radius 2 is 2.09 bits per heavy atom. The lowest BCUT2D eigenvalue weighted by molar-refractivity contribution is 0.102. The SMILES string of the molecule is CCCOc1ccc(C=C(C)C(=O)c2c(O)cc(C(C)CC/C=C/NC(=O)O)oc2=O)s1. The van der Waals surface area contributed by atoms with Crippen LogP contribution in [-0.2, 0) is 0 Å². The number of carboxylic acid groups (broad SMARTS) is 1. The van der Waals surface area contributed by atoms with Crippen LogP contribution < -0.4 is 15.7 Å². The molecule has 0 fully saturated rings. The van der Waals surface area contributed by atoms with Crippen LogP contribution in [0, 0.1) is 0 Å². The molecule has 8 nitrogen and oxygen atoms in total. The van der Waals surface area contributed by atoms with Crippen molar-refractivity contribution in [3.63, 3.8) is 0 Å². The van der Waals surface area contributed by atoms with E-state index in [-0.39, 0.29) is 17.3 Å². The van der Waals surface area contributed by atoms with Crippen molar-refractivity contribution in [3.8, 4) is 10.8 Å². The van der Waals surface area contributed by atoms with E-state index in [1.807, 2.05) is 19.1 Å². The van der Waals surface area contributed by atoms with Gasteiger partial charge < -0.3 is 19.4 Å². The number of aromatic hydroxyl groups is 1. The average molecular weight is 462 g/mol. The third-order valence-electron chi connectivity index (χ3n) is 4.52. The van der Waals surface area contributed by atoms with Gasteiger partial charge >= 0.3 is 11.7 Å². The summed E-state index contributed by atoms with van der Waals surface area (Å²) < 4.78 is 10.9. The van der Waals surface area contributed by atoms with Crippen LogP contribution in [0.1, 0.15) is 66.9 Å². The molecule has 2 aromatic rings. The molecule has 0 aliphatic heterocycles. The maximum absolute atomic E-state index is 12.8. The fourth-order valence-electron chi connectivity index (χ4n) is 2.82. The zero-order valence-electron chi connectivity index (χ0n) is 18.2. The predicted octanol–water partition coefficient (Wildman–Crippen LogP) is 5.15. The van der Waals surface area contributed by atoms with Gasteiger partial charge in [0.25, 0.3) is 0 Å². The Labute approximate surface area is 189 Å². The van der Waals surface area contributed by atoms with E-state index in [0.29, 0.717) is 19.4 Å². The van der Waals surface area contributed by atoms with E-state index in [0.717, 1.165) is 16.4 Å². The number of carbonyl (C=O) groups excluding carboxylic acids is 1. The summed E-state index contributed by atoms with van der Waals surface area (Å²) in [5.41, 5.74) is -1.02. The van der Waals surface area contributed by atoms with Crippen LogP contribution in [0.25, 0.3) is 6.08 Å². The van der Waals surface area contributed by atoms with Gasteiger partial charge in [-0.15, -0.1) is 0 Å². The molecule has 0 saturated carbocycles. The van der Waals surface area contributed by atoms with E-state index in [4.69, 9.17) is 14.3 Å². The van der Waals surface area contributed by atoms with Gasteiger partial charge in [0, 0.05) is 23.1 Å². The van der Waals surface area contributed by atoms with Crippen molar-refractivity contribution in [2.24, 2.45) is 0 Å². The molecule has 2 rings (SSSR count). The zero-order chi connectivity index (χ0) is 23.7. The quantitative estimate of drug-likeness (QED) is 0.312. The predicted molar refractivity (Wildman–Crippen MR) is 123 cm³/mol. The third-order valence-corrected chi connectivity index (χ3v) is 5.47. The lowest BCUT2D eigenvalue weighted by atomic mass is 10.00. The normalized spacial score (nSPS) is 12.7. The molecule has 32 heavy (non-hydrogen) atoms. The Bertz CT molecular complexity index is 1060. The Hall–Kier alpha value is -3.33. The van der Waals surface area contributed by atoms with Crippen LogP contribution in [0.4, 0.5) is 4.79 Å². The van der Waals surface area contributed by atoms with Crippen molar-refractivity contribution in [1.29, 1.82) is 0 Å². The van der Waals surface area contributed by atoms with Crippen molar-refractivity contribution in [3.05, 3.63) is 62.7 Å². The fraction of sp³-hybridized carbons (Fsp3) is 0.348. The van der Waals surface area contributed by atoms with Crippen LogP contribution in [0.5, 0.6) is 10.8 Å². The molecule has 0 aliphatic rings. The minimum atomic E-state index is -1.15. The highest BCUT2D eigenvalue weighted by molar-refractivity contribution is 7.14. The van der Waals surface area contributed by atoms with Gasteiger partial charge in [-0.3, -0.25) is 10.1 Å². The number of Topliss-reactive ketones (excluding diaryl/α,β-unsaturated/α-hetero) is 1. The van der Waals surface area contributed by atoms with Crippen molar-refractivity contribution < 1.29 is 29.0 Å². The van der Waals surface area contributed by atoms with E-state index >= 15 is 0 Å². The summed E-state index contributed by atoms with van der Waals surface area (Å²) in [7, 11) is 0. The first kappa shape index (κ1) is 24.9. The maximum Gasteiger partial charge on any atom is 0.408 e.